The molecule has 2 rings (SSSR count). The number of hydrogen-bond acceptors (Lipinski definition) is 4. The maximum absolute atomic E-state index is 11.9. The van der Waals surface area contributed by atoms with Crippen molar-refractivity contribution < 1.29 is 9.53 Å². The van der Waals surface area contributed by atoms with Crippen molar-refractivity contribution in [1.29, 1.82) is 0 Å². The Labute approximate surface area is 112 Å². The molecule has 1 aromatic rings. The van der Waals surface area contributed by atoms with Gasteiger partial charge in [-0.1, -0.05) is 20.8 Å². The van der Waals surface area contributed by atoms with Crippen molar-refractivity contribution in [2.24, 2.45) is 0 Å². The van der Waals surface area contributed by atoms with E-state index >= 15 is 0 Å². The molecule has 0 atom stereocenters. The largest absolute Gasteiger partial charge is 0.360 e. The fraction of sp³-hybridized carbons (Fsp3) is 0.538. The summed E-state index contributed by atoms with van der Waals surface area (Å²) in [6.07, 6.45) is 3.39. The van der Waals surface area contributed by atoms with Crippen LogP contribution in [0.15, 0.2) is 12.0 Å². The average molecular weight is 264 g/mol. The number of nitrogens with zero attached hydrogens (tertiary/aromatic N) is 1. The first-order valence-electron chi connectivity index (χ1n) is 6.34. The van der Waals surface area contributed by atoms with Crippen molar-refractivity contribution in [3.63, 3.8) is 0 Å². The molecule has 1 amide bonds. The van der Waals surface area contributed by atoms with Crippen LogP contribution in [0.3, 0.4) is 0 Å². The van der Waals surface area contributed by atoms with Gasteiger partial charge in [0.25, 0.3) is 5.91 Å². The summed E-state index contributed by atoms with van der Waals surface area (Å²) in [5.74, 6) is -0.133. The topological polar surface area (TPSA) is 79.0 Å². The molecule has 6 nitrogen and oxygen atoms in total. The lowest BCUT2D eigenvalue weighted by Gasteiger charge is -2.19. The van der Waals surface area contributed by atoms with Gasteiger partial charge in [-0.3, -0.25) is 4.79 Å². The highest BCUT2D eigenvalue weighted by Gasteiger charge is 2.20. The summed E-state index contributed by atoms with van der Waals surface area (Å²) in [6.45, 7) is 7.65. The van der Waals surface area contributed by atoms with Crippen LogP contribution in [0.2, 0.25) is 0 Å². The number of aromatic amines is 1. The Morgan fingerprint density at radius 3 is 2.89 bits per heavy atom. The zero-order valence-corrected chi connectivity index (χ0v) is 11.5. The first-order chi connectivity index (χ1) is 8.98. The van der Waals surface area contributed by atoms with E-state index in [1.807, 2.05) is 0 Å². The van der Waals surface area contributed by atoms with Gasteiger partial charge in [-0.2, -0.15) is 0 Å². The highest BCUT2D eigenvalue weighted by Crippen LogP contribution is 2.24. The van der Waals surface area contributed by atoms with E-state index in [0.29, 0.717) is 25.6 Å². The number of amides is 1. The van der Waals surface area contributed by atoms with Gasteiger partial charge in [0.15, 0.2) is 0 Å². The summed E-state index contributed by atoms with van der Waals surface area (Å²) in [5, 5.41) is 5.73. The van der Waals surface area contributed by atoms with Gasteiger partial charge >= 0.3 is 0 Å². The lowest BCUT2D eigenvalue weighted by Crippen LogP contribution is -2.38. The molecular weight excluding hydrogens is 244 g/mol. The van der Waals surface area contributed by atoms with E-state index in [2.05, 4.69) is 41.4 Å². The lowest BCUT2D eigenvalue weighted by atomic mass is 9.90. The number of nitrogens with one attached hydrogen (secondary N) is 3. The molecule has 0 spiro atoms. The monoisotopic (exact) mass is 264 g/mol. The third-order valence-electron chi connectivity index (χ3n) is 2.84. The first kappa shape index (κ1) is 13.6. The van der Waals surface area contributed by atoms with E-state index in [-0.39, 0.29) is 11.3 Å². The van der Waals surface area contributed by atoms with Crippen molar-refractivity contribution in [2.75, 3.05) is 19.9 Å². The van der Waals surface area contributed by atoms with Crippen LogP contribution in [0.1, 0.15) is 32.2 Å². The molecule has 0 unspecified atom stereocenters. The lowest BCUT2D eigenvalue weighted by molar-refractivity contribution is -0.118. The summed E-state index contributed by atoms with van der Waals surface area (Å²) >= 11 is 0. The van der Waals surface area contributed by atoms with Crippen molar-refractivity contribution in [3.8, 4) is 0 Å². The van der Waals surface area contributed by atoms with E-state index in [1.54, 1.807) is 12.4 Å². The number of carbonyl (C=O) groups is 1. The van der Waals surface area contributed by atoms with Gasteiger partial charge in [-0.25, -0.2) is 4.98 Å². The quantitative estimate of drug-likeness (QED) is 0.654. The molecule has 104 valence electrons. The number of carbonyl (C=O) groups excluding carboxylic acids is 1. The second kappa shape index (κ2) is 5.44. The minimum Gasteiger partial charge on any atom is -0.360 e. The van der Waals surface area contributed by atoms with E-state index in [1.165, 1.54) is 0 Å². The summed E-state index contributed by atoms with van der Waals surface area (Å²) in [6, 6.07) is 0. The van der Waals surface area contributed by atoms with Crippen LogP contribution in [0.4, 0.5) is 0 Å². The molecular formula is C13H20N4O2. The summed E-state index contributed by atoms with van der Waals surface area (Å²) < 4.78 is 5.27. The Morgan fingerprint density at radius 1 is 1.37 bits per heavy atom. The molecule has 0 bridgehead atoms. The van der Waals surface area contributed by atoms with Gasteiger partial charge in [0, 0.05) is 17.7 Å². The molecule has 0 aliphatic carbocycles. The average Bonchev–Trinajstić information content (AvgIpc) is 2.77. The third kappa shape index (κ3) is 3.35. The van der Waals surface area contributed by atoms with Crippen LogP contribution < -0.4 is 10.6 Å². The minimum atomic E-state index is -0.133. The molecule has 0 saturated carbocycles. The second-order valence-corrected chi connectivity index (χ2v) is 5.46. The number of H-pyrrole nitrogens is 1. The molecule has 19 heavy (non-hydrogen) atoms. The zero-order chi connectivity index (χ0) is 13.9. The Hall–Kier alpha value is -1.82. The molecule has 3 N–H and O–H groups in total. The Bertz CT molecular complexity index is 485. The fourth-order valence-corrected chi connectivity index (χ4v) is 1.88. The summed E-state index contributed by atoms with van der Waals surface area (Å²) in [4.78, 5) is 19.3. The molecule has 1 saturated heterocycles. The maximum Gasteiger partial charge on any atom is 0.267 e. The van der Waals surface area contributed by atoms with Crippen LogP contribution in [0.25, 0.3) is 6.08 Å². The molecule has 1 aliphatic rings. The first-order valence-corrected chi connectivity index (χ1v) is 6.34. The molecule has 0 radical (unpaired) electrons. The Kier molecular flexibility index (Phi) is 3.90. The molecule has 1 fully saturated rings. The number of aromatic nitrogens is 2. The molecule has 1 aliphatic heterocycles. The van der Waals surface area contributed by atoms with Gasteiger partial charge in [0.05, 0.1) is 18.6 Å². The number of hydrogen-bond donors (Lipinski definition) is 3. The van der Waals surface area contributed by atoms with Gasteiger partial charge < -0.3 is 20.4 Å². The van der Waals surface area contributed by atoms with Crippen LogP contribution in [0.5, 0.6) is 0 Å². The highest BCUT2D eigenvalue weighted by molar-refractivity contribution is 5.97. The van der Waals surface area contributed by atoms with Crippen molar-refractivity contribution in [1.82, 2.24) is 20.6 Å². The normalized spacial score (nSPS) is 19.5. The van der Waals surface area contributed by atoms with Gasteiger partial charge in [-0.05, 0) is 6.08 Å². The molecule has 2 heterocycles. The predicted octanol–water partition coefficient (Wildman–Crippen LogP) is 0.742. The van der Waals surface area contributed by atoms with E-state index in [0.717, 1.165) is 11.4 Å². The number of rotatable bonds is 1. The zero-order valence-electron chi connectivity index (χ0n) is 11.5. The molecule has 6 heteroatoms. The summed E-state index contributed by atoms with van der Waals surface area (Å²) in [7, 11) is 0. The van der Waals surface area contributed by atoms with Crippen molar-refractivity contribution in [2.45, 2.75) is 26.2 Å². The van der Waals surface area contributed by atoms with Crippen molar-refractivity contribution in [3.05, 3.63) is 23.4 Å². The SMILES string of the molecule is CC(C)(C)c1[nH]cnc1/C=C1\NCOCCNC1=O. The van der Waals surface area contributed by atoms with Crippen LogP contribution in [-0.2, 0) is 14.9 Å². The van der Waals surface area contributed by atoms with Crippen LogP contribution in [0, 0.1) is 0 Å². The summed E-state index contributed by atoms with van der Waals surface area (Å²) in [5.41, 5.74) is 2.18. The fourth-order valence-electron chi connectivity index (χ4n) is 1.88. The maximum atomic E-state index is 11.9. The Morgan fingerprint density at radius 2 is 2.16 bits per heavy atom. The van der Waals surface area contributed by atoms with Gasteiger partial charge in [-0.15, -0.1) is 0 Å². The second-order valence-electron chi connectivity index (χ2n) is 5.46. The third-order valence-corrected chi connectivity index (χ3v) is 2.84. The Balaban J connectivity index is 2.28. The number of ether oxygens (including phenoxy) is 1. The highest BCUT2D eigenvalue weighted by atomic mass is 16.5. The predicted molar refractivity (Wildman–Crippen MR) is 72.2 cm³/mol. The van der Waals surface area contributed by atoms with Crippen molar-refractivity contribution >= 4 is 12.0 Å². The number of imidazole rings is 1. The van der Waals surface area contributed by atoms with E-state index in [9.17, 15) is 4.79 Å². The van der Waals surface area contributed by atoms with E-state index < -0.39 is 0 Å². The minimum absolute atomic E-state index is 0.0580. The van der Waals surface area contributed by atoms with Gasteiger partial charge in [0.1, 0.15) is 12.4 Å². The molecule has 0 aromatic carbocycles. The molecule has 1 aromatic heterocycles. The smallest absolute Gasteiger partial charge is 0.267 e. The van der Waals surface area contributed by atoms with Crippen LogP contribution >= 0.6 is 0 Å². The van der Waals surface area contributed by atoms with Gasteiger partial charge in [0.2, 0.25) is 0 Å². The standard InChI is InChI=1S/C13H20N4O2/c1-13(2,3)11-9(15-7-16-11)6-10-12(18)14-4-5-19-8-17-10/h6-7,17H,4-5,8H2,1-3H3,(H,14,18)(H,15,16)/b10-6-. The van der Waals surface area contributed by atoms with E-state index in [4.69, 9.17) is 4.74 Å². The van der Waals surface area contributed by atoms with Crippen LogP contribution in [-0.4, -0.2) is 35.8 Å².